The number of ether oxygens (including phenoxy) is 2. The number of aliphatic carboxylic acids is 1. The number of hydrogen-bond donors (Lipinski definition) is 1. The average molecular weight is 273 g/mol. The summed E-state index contributed by atoms with van der Waals surface area (Å²) in [5.41, 5.74) is 0. The van der Waals surface area contributed by atoms with Gasteiger partial charge in [0.05, 0.1) is 26.1 Å². The second-order valence-electron chi connectivity index (χ2n) is 4.13. The summed E-state index contributed by atoms with van der Waals surface area (Å²) in [6.45, 7) is -0.819. The van der Waals surface area contributed by atoms with Gasteiger partial charge in [-0.2, -0.15) is 0 Å². The van der Waals surface area contributed by atoms with Crippen LogP contribution in [-0.2, 0) is 28.7 Å². The van der Waals surface area contributed by atoms with Gasteiger partial charge in [0, 0.05) is 0 Å². The Kier molecular flexibility index (Phi) is 4.85. The number of carbonyl (C=O) groups excluding carboxylic acids is 3. The monoisotopic (exact) mass is 273 g/mol. The summed E-state index contributed by atoms with van der Waals surface area (Å²) in [7, 11) is 2.31. The van der Waals surface area contributed by atoms with Crippen LogP contribution in [0.4, 0.5) is 0 Å². The van der Waals surface area contributed by atoms with E-state index in [0.717, 1.165) is 19.1 Å². The van der Waals surface area contributed by atoms with E-state index in [2.05, 4.69) is 9.47 Å². The fraction of sp³-hybridized carbons (Fsp3) is 0.636. The second-order valence-corrected chi connectivity index (χ2v) is 4.13. The molecule has 19 heavy (non-hydrogen) atoms. The minimum Gasteiger partial charge on any atom is -0.481 e. The van der Waals surface area contributed by atoms with E-state index >= 15 is 0 Å². The molecular formula is C11H15NO7. The van der Waals surface area contributed by atoms with Crippen molar-refractivity contribution in [3.8, 4) is 0 Å². The third-order valence-electron chi connectivity index (χ3n) is 2.83. The molecule has 0 aromatic heterocycles. The first-order chi connectivity index (χ1) is 8.90. The maximum absolute atomic E-state index is 12.0. The van der Waals surface area contributed by atoms with Crippen LogP contribution in [0, 0.1) is 11.8 Å². The summed E-state index contributed by atoms with van der Waals surface area (Å²) in [5, 5.41) is 8.76. The molecule has 1 N–H and O–H groups in total. The lowest BCUT2D eigenvalue weighted by Gasteiger charge is -2.20. The smallest absolute Gasteiger partial charge is 0.325 e. The maximum Gasteiger partial charge on any atom is 0.325 e. The lowest BCUT2D eigenvalue weighted by Crippen LogP contribution is -2.41. The number of carboxylic acid groups (broad SMARTS) is 1. The molecule has 0 bridgehead atoms. The Morgan fingerprint density at radius 3 is 1.84 bits per heavy atom. The van der Waals surface area contributed by atoms with Crippen molar-refractivity contribution < 1.29 is 33.8 Å². The van der Waals surface area contributed by atoms with E-state index in [0.29, 0.717) is 0 Å². The molecule has 1 aliphatic carbocycles. The van der Waals surface area contributed by atoms with Crippen molar-refractivity contribution in [2.45, 2.75) is 6.42 Å². The van der Waals surface area contributed by atoms with Gasteiger partial charge in [0.2, 0.25) is 5.91 Å². The number of amides is 1. The van der Waals surface area contributed by atoms with E-state index in [4.69, 9.17) is 5.11 Å². The molecule has 1 amide bonds. The molecule has 106 valence electrons. The van der Waals surface area contributed by atoms with Crippen LogP contribution in [0.3, 0.4) is 0 Å². The molecule has 8 nitrogen and oxygen atoms in total. The largest absolute Gasteiger partial charge is 0.481 e. The second kappa shape index (κ2) is 6.17. The van der Waals surface area contributed by atoms with E-state index < -0.39 is 48.7 Å². The highest BCUT2D eigenvalue weighted by molar-refractivity contribution is 5.93. The molecular weight excluding hydrogens is 258 g/mol. The van der Waals surface area contributed by atoms with Crippen molar-refractivity contribution in [1.29, 1.82) is 0 Å². The average Bonchev–Trinajstić information content (AvgIpc) is 3.16. The Labute approximate surface area is 109 Å². The highest BCUT2D eigenvalue weighted by atomic mass is 16.5. The molecule has 0 heterocycles. The molecule has 0 radical (unpaired) electrons. The summed E-state index contributed by atoms with van der Waals surface area (Å²) in [4.78, 5) is 46.0. The number of methoxy groups -OCH3 is 2. The van der Waals surface area contributed by atoms with Crippen molar-refractivity contribution >= 4 is 23.8 Å². The van der Waals surface area contributed by atoms with Crippen LogP contribution in [0.1, 0.15) is 6.42 Å². The van der Waals surface area contributed by atoms with Gasteiger partial charge in [-0.05, 0) is 6.42 Å². The zero-order chi connectivity index (χ0) is 14.6. The molecule has 0 aliphatic heterocycles. The third-order valence-corrected chi connectivity index (χ3v) is 2.83. The molecule has 0 unspecified atom stereocenters. The summed E-state index contributed by atoms with van der Waals surface area (Å²) in [6.07, 6.45) is 0.215. The quantitative estimate of drug-likeness (QED) is 0.610. The van der Waals surface area contributed by atoms with Crippen LogP contribution in [-0.4, -0.2) is 61.1 Å². The summed E-state index contributed by atoms with van der Waals surface area (Å²) in [6, 6.07) is 0. The fourth-order valence-electron chi connectivity index (χ4n) is 1.63. The molecule has 2 atom stereocenters. The van der Waals surface area contributed by atoms with Crippen molar-refractivity contribution in [3.05, 3.63) is 0 Å². The van der Waals surface area contributed by atoms with Gasteiger partial charge in [-0.15, -0.1) is 0 Å². The standard InChI is InChI=1S/C11H15NO7/c1-18-8(13)4-12(5-9(14)19-2)10(15)6-3-7(6)11(16)17/h6-7H,3-5H2,1-2H3,(H,16,17)/t6-,7+/m1/s1. The van der Waals surface area contributed by atoms with Crippen LogP contribution in [0.15, 0.2) is 0 Å². The van der Waals surface area contributed by atoms with Gasteiger partial charge in [-0.1, -0.05) is 0 Å². The number of esters is 2. The number of nitrogens with zero attached hydrogens (tertiary/aromatic N) is 1. The normalized spacial score (nSPS) is 20.3. The van der Waals surface area contributed by atoms with Crippen LogP contribution in [0.2, 0.25) is 0 Å². The van der Waals surface area contributed by atoms with Gasteiger partial charge < -0.3 is 19.5 Å². The van der Waals surface area contributed by atoms with E-state index in [1.165, 1.54) is 0 Å². The van der Waals surface area contributed by atoms with Gasteiger partial charge in [0.25, 0.3) is 0 Å². The van der Waals surface area contributed by atoms with E-state index in [-0.39, 0.29) is 6.42 Å². The van der Waals surface area contributed by atoms with Gasteiger partial charge >= 0.3 is 17.9 Å². The molecule has 0 aromatic carbocycles. The minimum atomic E-state index is -1.06. The molecule has 1 fully saturated rings. The Hall–Kier alpha value is -2.12. The van der Waals surface area contributed by atoms with E-state index in [9.17, 15) is 19.2 Å². The Balaban J connectivity index is 2.67. The van der Waals surface area contributed by atoms with Gasteiger partial charge in [-0.25, -0.2) is 0 Å². The summed E-state index contributed by atoms with van der Waals surface area (Å²) >= 11 is 0. The molecule has 1 saturated carbocycles. The third kappa shape index (κ3) is 3.94. The number of carboxylic acids is 1. The van der Waals surface area contributed by atoms with E-state index in [1.54, 1.807) is 0 Å². The molecule has 0 spiro atoms. The van der Waals surface area contributed by atoms with Crippen molar-refractivity contribution in [3.63, 3.8) is 0 Å². The maximum atomic E-state index is 12.0. The lowest BCUT2D eigenvalue weighted by molar-refractivity contribution is -0.153. The number of hydrogen-bond acceptors (Lipinski definition) is 6. The fourth-order valence-corrected chi connectivity index (χ4v) is 1.63. The van der Waals surface area contributed by atoms with Crippen molar-refractivity contribution in [1.82, 2.24) is 4.90 Å². The van der Waals surface area contributed by atoms with Crippen molar-refractivity contribution in [2.24, 2.45) is 11.8 Å². The number of carbonyl (C=O) groups is 4. The lowest BCUT2D eigenvalue weighted by atomic mass is 10.2. The Bertz CT molecular complexity index is 388. The van der Waals surface area contributed by atoms with Crippen LogP contribution < -0.4 is 0 Å². The van der Waals surface area contributed by atoms with Crippen LogP contribution in [0.25, 0.3) is 0 Å². The van der Waals surface area contributed by atoms with Crippen LogP contribution in [0.5, 0.6) is 0 Å². The first-order valence-corrected chi connectivity index (χ1v) is 5.56. The molecule has 1 rings (SSSR count). The Morgan fingerprint density at radius 1 is 1.05 bits per heavy atom. The predicted molar refractivity (Wildman–Crippen MR) is 59.8 cm³/mol. The molecule has 0 saturated heterocycles. The number of rotatable bonds is 6. The predicted octanol–water partition coefficient (Wildman–Crippen LogP) is -1.12. The Morgan fingerprint density at radius 2 is 1.53 bits per heavy atom. The molecule has 8 heteroatoms. The van der Waals surface area contributed by atoms with Crippen LogP contribution >= 0.6 is 0 Å². The SMILES string of the molecule is COC(=O)CN(CC(=O)OC)C(=O)[C@@H]1C[C@@H]1C(=O)O. The van der Waals surface area contributed by atoms with E-state index in [1.807, 2.05) is 0 Å². The summed E-state index contributed by atoms with van der Waals surface area (Å²) < 4.78 is 8.84. The topological polar surface area (TPSA) is 110 Å². The van der Waals surface area contributed by atoms with Gasteiger partial charge in [0.15, 0.2) is 0 Å². The first kappa shape index (κ1) is 14.9. The minimum absolute atomic E-state index is 0.215. The summed E-state index contributed by atoms with van der Waals surface area (Å²) in [5.74, 6) is -4.43. The van der Waals surface area contributed by atoms with Gasteiger partial charge in [-0.3, -0.25) is 19.2 Å². The zero-order valence-electron chi connectivity index (χ0n) is 10.6. The molecule has 1 aliphatic rings. The molecule has 0 aromatic rings. The highest BCUT2D eigenvalue weighted by Gasteiger charge is 2.50. The van der Waals surface area contributed by atoms with Crippen molar-refractivity contribution in [2.75, 3.05) is 27.3 Å². The highest BCUT2D eigenvalue weighted by Crippen LogP contribution is 2.40. The first-order valence-electron chi connectivity index (χ1n) is 5.56. The van der Waals surface area contributed by atoms with Gasteiger partial charge in [0.1, 0.15) is 13.1 Å². The zero-order valence-corrected chi connectivity index (χ0v) is 10.6.